The van der Waals surface area contributed by atoms with E-state index in [1.165, 1.54) is 4.90 Å². The van der Waals surface area contributed by atoms with Gasteiger partial charge in [0.2, 0.25) is 0 Å². The molecule has 0 aliphatic carbocycles. The van der Waals surface area contributed by atoms with Gasteiger partial charge in [0, 0.05) is 16.9 Å². The Morgan fingerprint density at radius 3 is 3.00 bits per heavy atom. The maximum atomic E-state index is 8.58. The molecule has 0 aromatic heterocycles. The summed E-state index contributed by atoms with van der Waals surface area (Å²) in [4.78, 5) is 1.25. The lowest BCUT2D eigenvalue weighted by atomic mass is 10.2. The average Bonchev–Trinajstić information content (AvgIpc) is 2.19. The van der Waals surface area contributed by atoms with Crippen molar-refractivity contribution in [2.75, 3.05) is 12.4 Å². The van der Waals surface area contributed by atoms with Crippen molar-refractivity contribution in [3.8, 4) is 11.8 Å². The zero-order chi connectivity index (χ0) is 10.2. The number of thioether (sulfide) groups is 1. The van der Waals surface area contributed by atoms with Crippen LogP contribution < -0.4 is 0 Å². The summed E-state index contributed by atoms with van der Waals surface area (Å²) in [7, 11) is 0. The first kappa shape index (κ1) is 11.2. The molecule has 0 aliphatic rings. The first-order valence-electron chi connectivity index (χ1n) is 4.69. The second kappa shape index (κ2) is 6.53. The second-order valence-electron chi connectivity index (χ2n) is 2.74. The average molecular weight is 206 g/mol. The van der Waals surface area contributed by atoms with Gasteiger partial charge in [-0.15, -0.1) is 11.8 Å². The fraction of sp³-hybridized carbons (Fsp3) is 0.333. The Kier molecular flexibility index (Phi) is 5.21. The molecule has 1 N–H and O–H groups in total. The van der Waals surface area contributed by atoms with E-state index < -0.39 is 0 Å². The van der Waals surface area contributed by atoms with E-state index in [9.17, 15) is 0 Å². The predicted octanol–water partition coefficient (Wildman–Crippen LogP) is 2.53. The van der Waals surface area contributed by atoms with Crippen LogP contribution in [0.25, 0.3) is 0 Å². The first-order valence-corrected chi connectivity index (χ1v) is 5.68. The van der Waals surface area contributed by atoms with Gasteiger partial charge in [0.1, 0.15) is 0 Å². The molecule has 0 aliphatic heterocycles. The zero-order valence-corrected chi connectivity index (χ0v) is 9.10. The van der Waals surface area contributed by atoms with Crippen molar-refractivity contribution in [1.29, 1.82) is 0 Å². The van der Waals surface area contributed by atoms with Crippen LogP contribution in [0.4, 0.5) is 0 Å². The highest BCUT2D eigenvalue weighted by molar-refractivity contribution is 7.99. The summed E-state index contributed by atoms with van der Waals surface area (Å²) >= 11 is 1.81. The van der Waals surface area contributed by atoms with E-state index in [-0.39, 0.29) is 6.61 Å². The fourth-order valence-corrected chi connectivity index (χ4v) is 1.77. The minimum Gasteiger partial charge on any atom is -0.395 e. The summed E-state index contributed by atoms with van der Waals surface area (Å²) < 4.78 is 0. The van der Waals surface area contributed by atoms with Crippen LogP contribution in [0.3, 0.4) is 0 Å². The predicted molar refractivity (Wildman–Crippen MR) is 61.4 cm³/mol. The van der Waals surface area contributed by atoms with E-state index >= 15 is 0 Å². The number of hydrogen-bond acceptors (Lipinski definition) is 2. The maximum Gasteiger partial charge on any atom is 0.0540 e. The summed E-state index contributed by atoms with van der Waals surface area (Å²) in [5.74, 6) is 7.01. The summed E-state index contributed by atoms with van der Waals surface area (Å²) in [5.41, 5.74) is 1.02. The van der Waals surface area contributed by atoms with Gasteiger partial charge in [-0.3, -0.25) is 0 Å². The van der Waals surface area contributed by atoms with Gasteiger partial charge < -0.3 is 5.11 Å². The van der Waals surface area contributed by atoms with Crippen molar-refractivity contribution in [3.05, 3.63) is 29.8 Å². The second-order valence-corrected chi connectivity index (χ2v) is 4.07. The lowest BCUT2D eigenvalue weighted by Gasteiger charge is -1.97. The molecule has 0 heterocycles. The molecule has 0 saturated carbocycles. The molecule has 0 atom stereocenters. The maximum absolute atomic E-state index is 8.58. The molecule has 1 aromatic rings. The smallest absolute Gasteiger partial charge is 0.0540 e. The number of aliphatic hydroxyl groups is 1. The van der Waals surface area contributed by atoms with Gasteiger partial charge in [-0.25, -0.2) is 0 Å². The Morgan fingerprint density at radius 2 is 2.29 bits per heavy atom. The molecular weight excluding hydrogens is 192 g/mol. The van der Waals surface area contributed by atoms with E-state index in [0.717, 1.165) is 11.3 Å². The van der Waals surface area contributed by atoms with Crippen LogP contribution in [-0.4, -0.2) is 17.5 Å². The minimum absolute atomic E-state index is 0.135. The number of benzene rings is 1. The van der Waals surface area contributed by atoms with Gasteiger partial charge in [-0.2, -0.15) is 0 Å². The Labute approximate surface area is 89.5 Å². The normalized spacial score (nSPS) is 9.29. The van der Waals surface area contributed by atoms with Crippen LogP contribution in [0.15, 0.2) is 29.2 Å². The molecule has 0 fully saturated rings. The molecule has 0 radical (unpaired) electrons. The minimum atomic E-state index is 0.135. The van der Waals surface area contributed by atoms with E-state index in [1.54, 1.807) is 0 Å². The van der Waals surface area contributed by atoms with Crippen LogP contribution in [0.2, 0.25) is 0 Å². The zero-order valence-electron chi connectivity index (χ0n) is 8.29. The van der Waals surface area contributed by atoms with Crippen LogP contribution >= 0.6 is 11.8 Å². The molecular formula is C12H14OS. The Morgan fingerprint density at radius 1 is 1.43 bits per heavy atom. The molecule has 1 rings (SSSR count). The first-order chi connectivity index (χ1) is 6.86. The molecule has 1 aromatic carbocycles. The molecule has 0 saturated heterocycles. The highest BCUT2D eigenvalue weighted by Gasteiger charge is 1.92. The van der Waals surface area contributed by atoms with Gasteiger partial charge in [0.25, 0.3) is 0 Å². The highest BCUT2D eigenvalue weighted by atomic mass is 32.2. The quantitative estimate of drug-likeness (QED) is 0.606. The topological polar surface area (TPSA) is 20.2 Å². The van der Waals surface area contributed by atoms with Crippen molar-refractivity contribution >= 4 is 11.8 Å². The summed E-state index contributed by atoms with van der Waals surface area (Å²) in [6.45, 7) is 2.27. The number of rotatable bonds is 3. The van der Waals surface area contributed by atoms with Crippen LogP contribution in [-0.2, 0) is 0 Å². The van der Waals surface area contributed by atoms with Crippen LogP contribution in [0, 0.1) is 11.8 Å². The van der Waals surface area contributed by atoms with Crippen molar-refractivity contribution in [3.63, 3.8) is 0 Å². The van der Waals surface area contributed by atoms with Crippen molar-refractivity contribution in [2.24, 2.45) is 0 Å². The summed E-state index contributed by atoms with van der Waals surface area (Å²) in [6, 6.07) is 8.18. The monoisotopic (exact) mass is 206 g/mol. The number of aliphatic hydroxyl groups excluding tert-OH is 1. The standard InChI is InChI=1S/C12H14OS/c1-2-14-12-8-5-7-11(10-12)6-3-4-9-13/h5,7-8,10,13H,2,4,9H2,1H3. The van der Waals surface area contributed by atoms with Crippen molar-refractivity contribution in [1.82, 2.24) is 0 Å². The Bertz CT molecular complexity index is 336. The Hall–Kier alpha value is -0.910. The summed E-state index contributed by atoms with van der Waals surface area (Å²) in [5, 5.41) is 8.58. The van der Waals surface area contributed by atoms with Crippen LogP contribution in [0.1, 0.15) is 18.9 Å². The van der Waals surface area contributed by atoms with E-state index in [4.69, 9.17) is 5.11 Å². The molecule has 0 unspecified atom stereocenters. The van der Waals surface area contributed by atoms with E-state index in [2.05, 4.69) is 30.9 Å². The van der Waals surface area contributed by atoms with Crippen LogP contribution in [0.5, 0.6) is 0 Å². The third kappa shape index (κ3) is 3.87. The molecule has 0 bridgehead atoms. The molecule has 2 heteroatoms. The van der Waals surface area contributed by atoms with E-state index in [0.29, 0.717) is 6.42 Å². The SMILES string of the molecule is CCSc1cccc(C#CCCO)c1. The highest BCUT2D eigenvalue weighted by Crippen LogP contribution is 2.17. The van der Waals surface area contributed by atoms with Gasteiger partial charge in [-0.05, 0) is 24.0 Å². The lowest BCUT2D eigenvalue weighted by Crippen LogP contribution is -1.79. The molecule has 0 spiro atoms. The van der Waals surface area contributed by atoms with Gasteiger partial charge in [0.05, 0.1) is 6.61 Å². The Balaban J connectivity index is 2.69. The fourth-order valence-electron chi connectivity index (χ4n) is 1.05. The molecule has 14 heavy (non-hydrogen) atoms. The van der Waals surface area contributed by atoms with Crippen molar-refractivity contribution in [2.45, 2.75) is 18.2 Å². The van der Waals surface area contributed by atoms with Gasteiger partial charge >= 0.3 is 0 Å². The third-order valence-corrected chi connectivity index (χ3v) is 2.49. The number of hydrogen-bond donors (Lipinski definition) is 1. The molecule has 74 valence electrons. The van der Waals surface area contributed by atoms with E-state index in [1.807, 2.05) is 23.9 Å². The van der Waals surface area contributed by atoms with Crippen molar-refractivity contribution < 1.29 is 5.11 Å². The lowest BCUT2D eigenvalue weighted by molar-refractivity contribution is 0.305. The largest absolute Gasteiger partial charge is 0.395 e. The van der Waals surface area contributed by atoms with Gasteiger partial charge in [0.15, 0.2) is 0 Å². The summed E-state index contributed by atoms with van der Waals surface area (Å²) in [6.07, 6.45) is 0.547. The van der Waals surface area contributed by atoms with Gasteiger partial charge in [-0.1, -0.05) is 24.8 Å². The molecule has 0 amide bonds. The molecule has 1 nitrogen and oxygen atoms in total. The third-order valence-electron chi connectivity index (χ3n) is 1.61.